The Morgan fingerprint density at radius 3 is 2.67 bits per heavy atom. The monoisotopic (exact) mass is 316 g/mol. The van der Waals surface area contributed by atoms with Gasteiger partial charge in [-0.25, -0.2) is 9.97 Å². The number of thioether (sulfide) groups is 1. The minimum atomic E-state index is -4.64. The van der Waals surface area contributed by atoms with Crippen molar-refractivity contribution in [1.29, 1.82) is 0 Å². The zero-order chi connectivity index (χ0) is 15.6. The van der Waals surface area contributed by atoms with E-state index in [0.29, 0.717) is 5.39 Å². The van der Waals surface area contributed by atoms with Gasteiger partial charge in [0.2, 0.25) is 5.82 Å². The van der Waals surface area contributed by atoms with Crippen molar-refractivity contribution in [1.82, 2.24) is 9.97 Å². The van der Waals surface area contributed by atoms with Gasteiger partial charge in [-0.05, 0) is 19.1 Å². The molecule has 0 N–H and O–H groups in total. The van der Waals surface area contributed by atoms with Crippen molar-refractivity contribution in [2.45, 2.75) is 18.1 Å². The zero-order valence-corrected chi connectivity index (χ0v) is 12.0. The Hall–Kier alpha value is -1.83. The summed E-state index contributed by atoms with van der Waals surface area (Å²) in [6.45, 7) is 1.81. The van der Waals surface area contributed by atoms with Crippen LogP contribution in [0.3, 0.4) is 0 Å². The predicted molar refractivity (Wildman–Crippen MR) is 72.0 cm³/mol. The van der Waals surface area contributed by atoms with E-state index in [4.69, 9.17) is 0 Å². The molecular weight excluding hydrogens is 305 g/mol. The molecule has 0 saturated heterocycles. The lowest BCUT2D eigenvalue weighted by atomic mass is 10.2. The van der Waals surface area contributed by atoms with Gasteiger partial charge in [0.25, 0.3) is 0 Å². The van der Waals surface area contributed by atoms with E-state index < -0.39 is 18.0 Å². The quantitative estimate of drug-likeness (QED) is 0.494. The van der Waals surface area contributed by atoms with E-state index in [9.17, 15) is 18.0 Å². The standard InChI is InChI=1S/C13H11F3N2O2S/c1-7-3-4-9-8(5-7)11(21-6-10(19)20-2)18-12(17-9)13(14,15)16/h3-5H,6H2,1-2H3. The highest BCUT2D eigenvalue weighted by atomic mass is 32.2. The molecule has 1 heterocycles. The van der Waals surface area contributed by atoms with Crippen molar-refractivity contribution in [2.24, 2.45) is 0 Å². The third kappa shape index (κ3) is 3.63. The summed E-state index contributed by atoms with van der Waals surface area (Å²) in [6, 6.07) is 4.86. The molecule has 0 amide bonds. The first kappa shape index (κ1) is 15.6. The van der Waals surface area contributed by atoms with Crippen LogP contribution in [0.4, 0.5) is 13.2 Å². The van der Waals surface area contributed by atoms with Crippen LogP contribution < -0.4 is 0 Å². The van der Waals surface area contributed by atoms with E-state index >= 15 is 0 Å². The lowest BCUT2D eigenvalue weighted by Gasteiger charge is -2.10. The molecule has 0 aliphatic rings. The molecular formula is C13H11F3N2O2S. The number of ether oxygens (including phenoxy) is 1. The summed E-state index contributed by atoms with van der Waals surface area (Å²) in [4.78, 5) is 18.2. The molecule has 4 nitrogen and oxygen atoms in total. The van der Waals surface area contributed by atoms with E-state index in [1.807, 2.05) is 6.92 Å². The van der Waals surface area contributed by atoms with Gasteiger partial charge in [0.05, 0.1) is 18.4 Å². The maximum absolute atomic E-state index is 12.8. The summed E-state index contributed by atoms with van der Waals surface area (Å²) in [5.41, 5.74) is 1.06. The van der Waals surface area contributed by atoms with Crippen molar-refractivity contribution in [2.75, 3.05) is 12.9 Å². The number of methoxy groups -OCH3 is 1. The number of nitrogens with zero attached hydrogens (tertiary/aromatic N) is 2. The number of rotatable bonds is 3. The van der Waals surface area contributed by atoms with Gasteiger partial charge in [0.1, 0.15) is 5.03 Å². The van der Waals surface area contributed by atoms with E-state index in [1.54, 1.807) is 12.1 Å². The normalized spacial score (nSPS) is 11.7. The van der Waals surface area contributed by atoms with E-state index in [2.05, 4.69) is 14.7 Å². The summed E-state index contributed by atoms with van der Waals surface area (Å²) in [5.74, 6) is -1.87. The molecule has 1 aromatic carbocycles. The summed E-state index contributed by atoms with van der Waals surface area (Å²) in [5, 5.41) is 0.596. The van der Waals surface area contributed by atoms with Crippen LogP contribution in [0.5, 0.6) is 0 Å². The van der Waals surface area contributed by atoms with Crippen LogP contribution in [0.1, 0.15) is 11.4 Å². The van der Waals surface area contributed by atoms with Crippen LogP contribution in [0.25, 0.3) is 10.9 Å². The first-order chi connectivity index (χ1) is 9.81. The number of hydrogen-bond acceptors (Lipinski definition) is 5. The molecule has 112 valence electrons. The number of esters is 1. The van der Waals surface area contributed by atoms with Gasteiger partial charge in [0, 0.05) is 5.39 Å². The van der Waals surface area contributed by atoms with Gasteiger partial charge < -0.3 is 4.74 Å². The maximum atomic E-state index is 12.8. The van der Waals surface area contributed by atoms with Crippen molar-refractivity contribution in [3.8, 4) is 0 Å². The van der Waals surface area contributed by atoms with Crippen molar-refractivity contribution < 1.29 is 22.7 Å². The van der Waals surface area contributed by atoms with Crippen molar-refractivity contribution in [3.63, 3.8) is 0 Å². The molecule has 0 saturated carbocycles. The fourth-order valence-corrected chi connectivity index (χ4v) is 2.48. The molecule has 1 aromatic heterocycles. The second-order valence-electron chi connectivity index (χ2n) is 4.24. The Labute approximate surface area is 122 Å². The first-order valence-corrected chi connectivity index (χ1v) is 6.85. The van der Waals surface area contributed by atoms with E-state index in [-0.39, 0.29) is 16.3 Å². The first-order valence-electron chi connectivity index (χ1n) is 5.86. The molecule has 2 rings (SSSR count). The maximum Gasteiger partial charge on any atom is 0.451 e. The molecule has 0 spiro atoms. The van der Waals surface area contributed by atoms with E-state index in [0.717, 1.165) is 17.3 Å². The largest absolute Gasteiger partial charge is 0.468 e. The van der Waals surface area contributed by atoms with Crippen LogP contribution in [0, 0.1) is 6.92 Å². The summed E-state index contributed by atoms with van der Waals surface area (Å²) >= 11 is 0.896. The number of halogens is 3. The molecule has 0 aliphatic heterocycles. The third-order valence-corrected chi connectivity index (χ3v) is 3.59. The molecule has 0 atom stereocenters. The summed E-state index contributed by atoms with van der Waals surface area (Å²) in [6.07, 6.45) is -4.64. The fourth-order valence-electron chi connectivity index (χ4n) is 1.64. The number of benzene rings is 1. The average Bonchev–Trinajstić information content (AvgIpc) is 2.43. The Morgan fingerprint density at radius 1 is 1.33 bits per heavy atom. The Kier molecular flexibility index (Phi) is 4.36. The summed E-state index contributed by atoms with van der Waals surface area (Å²) < 4.78 is 42.9. The topological polar surface area (TPSA) is 52.1 Å². The Balaban J connectivity index is 2.52. The highest BCUT2D eigenvalue weighted by Gasteiger charge is 2.35. The van der Waals surface area contributed by atoms with Gasteiger partial charge in [-0.2, -0.15) is 13.2 Å². The average molecular weight is 316 g/mol. The Bertz CT molecular complexity index is 689. The third-order valence-electron chi connectivity index (χ3n) is 2.62. The van der Waals surface area contributed by atoms with Gasteiger partial charge in [-0.15, -0.1) is 0 Å². The van der Waals surface area contributed by atoms with Crippen LogP contribution in [-0.2, 0) is 15.7 Å². The fraction of sp³-hybridized carbons (Fsp3) is 0.308. The molecule has 0 aliphatic carbocycles. The van der Waals surface area contributed by atoms with Gasteiger partial charge in [0.15, 0.2) is 0 Å². The number of fused-ring (bicyclic) bond motifs is 1. The molecule has 2 aromatic rings. The lowest BCUT2D eigenvalue weighted by molar-refractivity contribution is -0.145. The smallest absolute Gasteiger partial charge is 0.451 e. The van der Waals surface area contributed by atoms with Crippen LogP contribution in [0.2, 0.25) is 0 Å². The minimum absolute atomic E-state index is 0.112. The number of aromatic nitrogens is 2. The molecule has 0 fully saturated rings. The van der Waals surface area contributed by atoms with Crippen molar-refractivity contribution >= 4 is 28.6 Å². The number of carbonyl (C=O) groups excluding carboxylic acids is 1. The van der Waals surface area contributed by atoms with Crippen molar-refractivity contribution in [3.05, 3.63) is 29.6 Å². The van der Waals surface area contributed by atoms with Gasteiger partial charge in [-0.1, -0.05) is 23.4 Å². The molecule has 0 unspecified atom stereocenters. The van der Waals surface area contributed by atoms with Crippen LogP contribution >= 0.6 is 11.8 Å². The minimum Gasteiger partial charge on any atom is -0.468 e. The lowest BCUT2D eigenvalue weighted by Crippen LogP contribution is -2.12. The number of hydrogen-bond donors (Lipinski definition) is 0. The zero-order valence-electron chi connectivity index (χ0n) is 11.2. The number of alkyl halides is 3. The SMILES string of the molecule is COC(=O)CSc1nc(C(F)(F)F)nc2ccc(C)cc12. The second kappa shape index (κ2) is 5.88. The molecule has 21 heavy (non-hydrogen) atoms. The number of aryl methyl sites for hydroxylation is 1. The van der Waals surface area contributed by atoms with E-state index in [1.165, 1.54) is 13.2 Å². The Morgan fingerprint density at radius 2 is 2.05 bits per heavy atom. The highest BCUT2D eigenvalue weighted by molar-refractivity contribution is 8.00. The second-order valence-corrected chi connectivity index (χ2v) is 5.20. The molecule has 8 heteroatoms. The van der Waals surface area contributed by atoms with Crippen LogP contribution in [-0.4, -0.2) is 28.8 Å². The molecule has 0 bridgehead atoms. The predicted octanol–water partition coefficient (Wildman–Crippen LogP) is 3.22. The van der Waals surface area contributed by atoms with Crippen LogP contribution in [0.15, 0.2) is 23.2 Å². The van der Waals surface area contributed by atoms with Gasteiger partial charge in [-0.3, -0.25) is 4.79 Å². The van der Waals surface area contributed by atoms with Gasteiger partial charge >= 0.3 is 12.1 Å². The molecule has 0 radical (unpaired) electrons. The number of carbonyl (C=O) groups is 1. The highest BCUT2D eigenvalue weighted by Crippen LogP contribution is 2.32. The summed E-state index contributed by atoms with van der Waals surface area (Å²) in [7, 11) is 1.21.